The number of carbonyl (C=O) groups excluding carboxylic acids is 2. The van der Waals surface area contributed by atoms with Gasteiger partial charge in [0.15, 0.2) is 6.61 Å². The molecule has 0 radical (unpaired) electrons. The molecule has 3 rings (SSSR count). The Morgan fingerprint density at radius 1 is 1.17 bits per heavy atom. The van der Waals surface area contributed by atoms with Crippen molar-refractivity contribution in [3.8, 4) is 5.75 Å². The SMILES string of the molecule is CCC(C)c1ccc(OCC(=O)Nc2ccc(C(=O)N3CCOCC3)cc2)c(Br)c1. The molecule has 0 bridgehead atoms. The average Bonchev–Trinajstić information content (AvgIpc) is 2.78. The van der Waals surface area contributed by atoms with Crippen LogP contribution in [0.25, 0.3) is 0 Å². The van der Waals surface area contributed by atoms with Crippen molar-refractivity contribution in [2.24, 2.45) is 0 Å². The van der Waals surface area contributed by atoms with Gasteiger partial charge in [0.25, 0.3) is 11.8 Å². The van der Waals surface area contributed by atoms with Crippen LogP contribution in [-0.2, 0) is 9.53 Å². The number of carbonyl (C=O) groups is 2. The molecule has 30 heavy (non-hydrogen) atoms. The molecule has 1 heterocycles. The highest BCUT2D eigenvalue weighted by molar-refractivity contribution is 9.10. The fraction of sp³-hybridized carbons (Fsp3) is 0.391. The first-order valence-electron chi connectivity index (χ1n) is 10.2. The predicted octanol–water partition coefficient (Wildman–Crippen LogP) is 4.45. The summed E-state index contributed by atoms with van der Waals surface area (Å²) < 4.78 is 11.8. The number of amides is 2. The van der Waals surface area contributed by atoms with Gasteiger partial charge < -0.3 is 19.7 Å². The largest absolute Gasteiger partial charge is 0.483 e. The summed E-state index contributed by atoms with van der Waals surface area (Å²) >= 11 is 3.52. The van der Waals surface area contributed by atoms with Crippen LogP contribution >= 0.6 is 15.9 Å². The molecule has 2 aromatic carbocycles. The third-order valence-electron chi connectivity index (χ3n) is 5.21. The minimum absolute atomic E-state index is 0.0230. The number of nitrogens with one attached hydrogen (secondary N) is 1. The standard InChI is InChI=1S/C23H27BrN2O4/c1-3-16(2)18-6-9-21(20(24)14-18)30-15-22(27)25-19-7-4-17(5-8-19)23(28)26-10-12-29-13-11-26/h4-9,14,16H,3,10-13,15H2,1-2H3,(H,25,27). The summed E-state index contributed by atoms with van der Waals surface area (Å²) in [5.41, 5.74) is 2.44. The van der Waals surface area contributed by atoms with Crippen molar-refractivity contribution < 1.29 is 19.1 Å². The van der Waals surface area contributed by atoms with Crippen molar-refractivity contribution in [2.45, 2.75) is 26.2 Å². The molecule has 2 aromatic rings. The summed E-state index contributed by atoms with van der Waals surface area (Å²) in [5.74, 6) is 0.811. The molecule has 0 spiro atoms. The Labute approximate surface area is 185 Å². The van der Waals surface area contributed by atoms with Gasteiger partial charge >= 0.3 is 0 Å². The highest BCUT2D eigenvalue weighted by Gasteiger charge is 2.18. The van der Waals surface area contributed by atoms with Gasteiger partial charge in [-0.1, -0.05) is 19.9 Å². The molecule has 7 heteroatoms. The van der Waals surface area contributed by atoms with Crippen molar-refractivity contribution in [1.82, 2.24) is 4.90 Å². The highest BCUT2D eigenvalue weighted by atomic mass is 79.9. The van der Waals surface area contributed by atoms with Crippen molar-refractivity contribution in [3.63, 3.8) is 0 Å². The van der Waals surface area contributed by atoms with Crippen LogP contribution in [0.5, 0.6) is 5.75 Å². The highest BCUT2D eigenvalue weighted by Crippen LogP contribution is 2.30. The fourth-order valence-corrected chi connectivity index (χ4v) is 3.67. The van der Waals surface area contributed by atoms with Crippen molar-refractivity contribution >= 4 is 33.4 Å². The van der Waals surface area contributed by atoms with Crippen molar-refractivity contribution in [1.29, 1.82) is 0 Å². The van der Waals surface area contributed by atoms with E-state index in [2.05, 4.69) is 35.1 Å². The fourth-order valence-electron chi connectivity index (χ4n) is 3.16. The molecule has 1 saturated heterocycles. The molecule has 6 nitrogen and oxygen atoms in total. The summed E-state index contributed by atoms with van der Waals surface area (Å²) in [6, 6.07) is 12.8. The molecule has 1 atom stereocenters. The van der Waals surface area contributed by atoms with Gasteiger partial charge in [-0.2, -0.15) is 0 Å². The zero-order valence-electron chi connectivity index (χ0n) is 17.3. The molecule has 1 aliphatic heterocycles. The Morgan fingerprint density at radius 3 is 2.50 bits per heavy atom. The maximum atomic E-state index is 12.5. The Kier molecular flexibility index (Phi) is 7.87. The predicted molar refractivity (Wildman–Crippen MR) is 120 cm³/mol. The van der Waals surface area contributed by atoms with E-state index in [0.29, 0.717) is 49.2 Å². The number of nitrogens with zero attached hydrogens (tertiary/aromatic N) is 1. The van der Waals surface area contributed by atoms with Crippen molar-refractivity contribution in [3.05, 3.63) is 58.1 Å². The van der Waals surface area contributed by atoms with Crippen LogP contribution in [0, 0.1) is 0 Å². The van der Waals surface area contributed by atoms with Gasteiger partial charge in [0.2, 0.25) is 0 Å². The first-order valence-corrected chi connectivity index (χ1v) is 11.0. The summed E-state index contributed by atoms with van der Waals surface area (Å²) in [4.78, 5) is 26.5. The number of ether oxygens (including phenoxy) is 2. The lowest BCUT2D eigenvalue weighted by atomic mass is 9.99. The number of halogens is 1. The van der Waals surface area contributed by atoms with Crippen LogP contribution in [0.15, 0.2) is 46.9 Å². The van der Waals surface area contributed by atoms with Crippen LogP contribution in [-0.4, -0.2) is 49.6 Å². The zero-order chi connectivity index (χ0) is 21.5. The lowest BCUT2D eigenvalue weighted by Gasteiger charge is -2.26. The van der Waals surface area contributed by atoms with Gasteiger partial charge in [0.1, 0.15) is 5.75 Å². The minimum Gasteiger partial charge on any atom is -0.483 e. The summed E-state index contributed by atoms with van der Waals surface area (Å²) in [7, 11) is 0. The van der Waals surface area contributed by atoms with Gasteiger partial charge in [0.05, 0.1) is 17.7 Å². The van der Waals surface area contributed by atoms with E-state index in [9.17, 15) is 9.59 Å². The molecule has 0 aromatic heterocycles. The van der Waals surface area contributed by atoms with Gasteiger partial charge in [-0.3, -0.25) is 9.59 Å². The third-order valence-corrected chi connectivity index (χ3v) is 5.83. The number of hydrogen-bond acceptors (Lipinski definition) is 4. The Morgan fingerprint density at radius 2 is 1.87 bits per heavy atom. The first kappa shape index (κ1) is 22.3. The average molecular weight is 475 g/mol. The molecule has 1 N–H and O–H groups in total. The van der Waals surface area contributed by atoms with Crippen LogP contribution in [0.4, 0.5) is 5.69 Å². The van der Waals surface area contributed by atoms with Gasteiger partial charge in [-0.15, -0.1) is 0 Å². The molecule has 1 fully saturated rings. The normalized spacial score (nSPS) is 14.8. The quantitative estimate of drug-likeness (QED) is 0.643. The minimum atomic E-state index is -0.264. The second-order valence-electron chi connectivity index (χ2n) is 7.32. The summed E-state index contributed by atoms with van der Waals surface area (Å²) in [6.07, 6.45) is 1.06. The molecule has 160 valence electrons. The van der Waals surface area contributed by atoms with Gasteiger partial charge in [-0.25, -0.2) is 0 Å². The first-order chi connectivity index (χ1) is 14.5. The maximum absolute atomic E-state index is 12.5. The Bertz CT molecular complexity index is 879. The Hall–Kier alpha value is -2.38. The van der Waals surface area contributed by atoms with E-state index >= 15 is 0 Å². The van der Waals surface area contributed by atoms with E-state index in [4.69, 9.17) is 9.47 Å². The van der Waals surface area contributed by atoms with Crippen LogP contribution < -0.4 is 10.1 Å². The molecule has 0 aliphatic carbocycles. The van der Waals surface area contributed by atoms with Crippen LogP contribution in [0.1, 0.15) is 42.1 Å². The molecule has 1 aliphatic rings. The molecular formula is C23H27BrN2O4. The second kappa shape index (κ2) is 10.6. The number of rotatable bonds is 7. The van der Waals surface area contributed by atoms with Crippen molar-refractivity contribution in [2.75, 3.05) is 38.2 Å². The van der Waals surface area contributed by atoms with Gasteiger partial charge in [0, 0.05) is 24.3 Å². The number of morpholine rings is 1. The second-order valence-corrected chi connectivity index (χ2v) is 8.17. The van der Waals surface area contributed by atoms with E-state index in [1.54, 1.807) is 29.2 Å². The topological polar surface area (TPSA) is 67.9 Å². The van der Waals surface area contributed by atoms with Crippen LogP contribution in [0.2, 0.25) is 0 Å². The lowest BCUT2D eigenvalue weighted by molar-refractivity contribution is -0.118. The maximum Gasteiger partial charge on any atom is 0.262 e. The number of hydrogen-bond donors (Lipinski definition) is 1. The number of benzene rings is 2. The molecular weight excluding hydrogens is 448 g/mol. The summed E-state index contributed by atoms with van der Waals surface area (Å²) in [5, 5.41) is 2.79. The van der Waals surface area contributed by atoms with Gasteiger partial charge in [-0.05, 0) is 70.2 Å². The number of anilines is 1. The van der Waals surface area contributed by atoms with E-state index in [1.807, 2.05) is 18.2 Å². The van der Waals surface area contributed by atoms with E-state index < -0.39 is 0 Å². The molecule has 1 unspecified atom stereocenters. The molecule has 0 saturated carbocycles. The van der Waals surface area contributed by atoms with E-state index in [1.165, 1.54) is 5.56 Å². The zero-order valence-corrected chi connectivity index (χ0v) is 18.9. The smallest absolute Gasteiger partial charge is 0.262 e. The van der Waals surface area contributed by atoms with E-state index in [0.717, 1.165) is 10.9 Å². The Balaban J connectivity index is 1.52. The lowest BCUT2D eigenvalue weighted by Crippen LogP contribution is -2.40. The molecule has 2 amide bonds. The van der Waals surface area contributed by atoms with E-state index in [-0.39, 0.29) is 18.4 Å². The summed E-state index contributed by atoms with van der Waals surface area (Å²) in [6.45, 7) is 6.56. The van der Waals surface area contributed by atoms with Crippen LogP contribution in [0.3, 0.4) is 0 Å². The monoisotopic (exact) mass is 474 g/mol. The third kappa shape index (κ3) is 5.83.